The molecule has 4 nitrogen and oxygen atoms in total. The average Bonchev–Trinajstić information content (AvgIpc) is 2.95. The fourth-order valence-electron chi connectivity index (χ4n) is 1.99. The fourth-order valence-corrected chi connectivity index (χ4v) is 2.88. The Morgan fingerprint density at radius 3 is 2.81 bits per heavy atom. The topological polar surface area (TPSA) is 54.0 Å². The normalized spacial score (nSPS) is 11.2. The van der Waals surface area contributed by atoms with Crippen LogP contribution in [-0.2, 0) is 5.54 Å². The first-order valence-corrected chi connectivity index (χ1v) is 7.95. The standard InChI is InChI=1S/C15H18ClN3OS/c1-4-17-12-6-5-10(16)9-11(12)13(20)19-15(2,3)14-18-7-8-21-14/h5-9,17H,4H2,1-3H3,(H,19,20). The minimum atomic E-state index is -0.531. The summed E-state index contributed by atoms with van der Waals surface area (Å²) in [6.07, 6.45) is 1.73. The second-order valence-electron chi connectivity index (χ2n) is 5.14. The third-order valence-electron chi connectivity index (χ3n) is 2.99. The zero-order chi connectivity index (χ0) is 15.5. The van der Waals surface area contributed by atoms with Crippen LogP contribution in [0.5, 0.6) is 0 Å². The number of halogens is 1. The van der Waals surface area contributed by atoms with Crippen LogP contribution in [0.2, 0.25) is 5.02 Å². The highest BCUT2D eigenvalue weighted by atomic mass is 35.5. The summed E-state index contributed by atoms with van der Waals surface area (Å²) in [7, 11) is 0. The molecular weight excluding hydrogens is 306 g/mol. The molecule has 1 amide bonds. The summed E-state index contributed by atoms with van der Waals surface area (Å²) in [6, 6.07) is 5.26. The highest BCUT2D eigenvalue weighted by molar-refractivity contribution is 7.09. The maximum Gasteiger partial charge on any atom is 0.254 e. The van der Waals surface area contributed by atoms with Crippen LogP contribution in [-0.4, -0.2) is 17.4 Å². The van der Waals surface area contributed by atoms with Gasteiger partial charge in [0.15, 0.2) is 0 Å². The number of rotatable bonds is 5. The van der Waals surface area contributed by atoms with E-state index in [2.05, 4.69) is 15.6 Å². The van der Waals surface area contributed by atoms with Crippen LogP contribution in [0.1, 0.15) is 36.1 Å². The Kier molecular flexibility index (Phi) is 4.85. The van der Waals surface area contributed by atoms with Gasteiger partial charge < -0.3 is 10.6 Å². The molecule has 2 N–H and O–H groups in total. The highest BCUT2D eigenvalue weighted by Crippen LogP contribution is 2.25. The first-order chi connectivity index (χ1) is 9.94. The number of hydrogen-bond acceptors (Lipinski definition) is 4. The van der Waals surface area contributed by atoms with E-state index in [1.807, 2.05) is 32.2 Å². The molecule has 2 aromatic rings. The lowest BCUT2D eigenvalue weighted by Crippen LogP contribution is -2.41. The smallest absolute Gasteiger partial charge is 0.254 e. The largest absolute Gasteiger partial charge is 0.385 e. The van der Waals surface area contributed by atoms with E-state index in [4.69, 9.17) is 11.6 Å². The molecule has 112 valence electrons. The van der Waals surface area contributed by atoms with Crippen LogP contribution in [0.25, 0.3) is 0 Å². The number of nitrogens with zero attached hydrogens (tertiary/aromatic N) is 1. The summed E-state index contributed by atoms with van der Waals surface area (Å²) in [5.74, 6) is -0.173. The Balaban J connectivity index is 2.26. The molecule has 0 radical (unpaired) electrons. The summed E-state index contributed by atoms with van der Waals surface area (Å²) in [5.41, 5.74) is 0.778. The molecule has 0 aliphatic carbocycles. The number of anilines is 1. The highest BCUT2D eigenvalue weighted by Gasteiger charge is 2.27. The molecule has 0 bridgehead atoms. The number of carbonyl (C=O) groups is 1. The van der Waals surface area contributed by atoms with E-state index in [9.17, 15) is 4.79 Å². The van der Waals surface area contributed by atoms with Crippen LogP contribution in [0, 0.1) is 0 Å². The van der Waals surface area contributed by atoms with Crippen molar-refractivity contribution >= 4 is 34.5 Å². The molecule has 1 heterocycles. The van der Waals surface area contributed by atoms with Gasteiger partial charge in [-0.15, -0.1) is 11.3 Å². The van der Waals surface area contributed by atoms with Crippen LogP contribution in [0.15, 0.2) is 29.8 Å². The fraction of sp³-hybridized carbons (Fsp3) is 0.333. The quantitative estimate of drug-likeness (QED) is 0.877. The molecule has 0 aliphatic heterocycles. The zero-order valence-electron chi connectivity index (χ0n) is 12.2. The van der Waals surface area contributed by atoms with Gasteiger partial charge in [-0.3, -0.25) is 4.79 Å². The number of benzene rings is 1. The van der Waals surface area contributed by atoms with Gasteiger partial charge in [0, 0.05) is 28.8 Å². The molecule has 21 heavy (non-hydrogen) atoms. The molecule has 0 saturated carbocycles. The van der Waals surface area contributed by atoms with Crippen molar-refractivity contribution in [2.45, 2.75) is 26.3 Å². The van der Waals surface area contributed by atoms with E-state index < -0.39 is 5.54 Å². The monoisotopic (exact) mass is 323 g/mol. The van der Waals surface area contributed by atoms with Crippen LogP contribution in [0.4, 0.5) is 5.69 Å². The van der Waals surface area contributed by atoms with Gasteiger partial charge >= 0.3 is 0 Å². The van der Waals surface area contributed by atoms with Gasteiger partial charge in [-0.25, -0.2) is 4.98 Å². The Bertz CT molecular complexity index is 626. The Morgan fingerprint density at radius 2 is 2.19 bits per heavy atom. The lowest BCUT2D eigenvalue weighted by molar-refractivity contribution is 0.0913. The summed E-state index contributed by atoms with van der Waals surface area (Å²) in [6.45, 7) is 6.58. The van der Waals surface area contributed by atoms with Crippen LogP contribution in [0.3, 0.4) is 0 Å². The molecule has 6 heteroatoms. The third kappa shape index (κ3) is 3.74. The number of amides is 1. The van der Waals surface area contributed by atoms with E-state index >= 15 is 0 Å². The SMILES string of the molecule is CCNc1ccc(Cl)cc1C(=O)NC(C)(C)c1nccs1. The maximum absolute atomic E-state index is 12.6. The Labute approximate surface area is 133 Å². The first-order valence-electron chi connectivity index (χ1n) is 6.70. The minimum Gasteiger partial charge on any atom is -0.385 e. The maximum atomic E-state index is 12.6. The number of carbonyl (C=O) groups excluding carboxylic acids is 1. The predicted octanol–water partition coefficient (Wildman–Crippen LogP) is 3.89. The molecule has 0 unspecified atom stereocenters. The third-order valence-corrected chi connectivity index (χ3v) is 4.32. The summed E-state index contributed by atoms with van der Waals surface area (Å²) >= 11 is 7.53. The van der Waals surface area contributed by atoms with E-state index in [1.165, 1.54) is 11.3 Å². The number of aromatic nitrogens is 1. The zero-order valence-corrected chi connectivity index (χ0v) is 13.8. The van der Waals surface area contributed by atoms with E-state index in [0.29, 0.717) is 10.6 Å². The van der Waals surface area contributed by atoms with Gasteiger partial charge in [-0.05, 0) is 39.0 Å². The Morgan fingerprint density at radius 1 is 1.43 bits per heavy atom. The Hall–Kier alpha value is -1.59. The van der Waals surface area contributed by atoms with Crippen LogP contribution >= 0.6 is 22.9 Å². The van der Waals surface area contributed by atoms with E-state index in [-0.39, 0.29) is 5.91 Å². The van der Waals surface area contributed by atoms with E-state index in [0.717, 1.165) is 17.2 Å². The minimum absolute atomic E-state index is 0.173. The van der Waals surface area contributed by atoms with Gasteiger partial charge in [0.05, 0.1) is 11.1 Å². The van der Waals surface area contributed by atoms with Crippen molar-refractivity contribution in [2.75, 3.05) is 11.9 Å². The summed E-state index contributed by atoms with van der Waals surface area (Å²) in [5, 5.41) is 9.48. The van der Waals surface area contributed by atoms with Crippen molar-refractivity contribution in [1.82, 2.24) is 10.3 Å². The molecule has 0 spiro atoms. The molecule has 0 aliphatic rings. The van der Waals surface area contributed by atoms with Crippen molar-refractivity contribution in [3.05, 3.63) is 45.4 Å². The van der Waals surface area contributed by atoms with Crippen molar-refractivity contribution in [3.63, 3.8) is 0 Å². The van der Waals surface area contributed by atoms with Gasteiger partial charge in [-0.2, -0.15) is 0 Å². The number of nitrogens with one attached hydrogen (secondary N) is 2. The lowest BCUT2D eigenvalue weighted by atomic mass is 10.0. The van der Waals surface area contributed by atoms with Gasteiger partial charge in [0.1, 0.15) is 5.01 Å². The second kappa shape index (κ2) is 6.45. The summed E-state index contributed by atoms with van der Waals surface area (Å²) < 4.78 is 0. The molecule has 1 aromatic carbocycles. The predicted molar refractivity (Wildman–Crippen MR) is 88.2 cm³/mol. The first kappa shape index (κ1) is 15.8. The summed E-state index contributed by atoms with van der Waals surface area (Å²) in [4.78, 5) is 16.8. The molecular formula is C15H18ClN3OS. The molecule has 0 saturated heterocycles. The average molecular weight is 324 g/mol. The van der Waals surface area contributed by atoms with E-state index in [1.54, 1.807) is 18.3 Å². The van der Waals surface area contributed by atoms with Crippen molar-refractivity contribution < 1.29 is 4.79 Å². The van der Waals surface area contributed by atoms with Gasteiger partial charge in [0.2, 0.25) is 0 Å². The van der Waals surface area contributed by atoms with Crippen molar-refractivity contribution in [3.8, 4) is 0 Å². The lowest BCUT2D eigenvalue weighted by Gasteiger charge is -2.24. The molecule has 1 aromatic heterocycles. The second-order valence-corrected chi connectivity index (χ2v) is 6.47. The molecule has 0 fully saturated rings. The molecule has 0 atom stereocenters. The van der Waals surface area contributed by atoms with Crippen LogP contribution < -0.4 is 10.6 Å². The van der Waals surface area contributed by atoms with Gasteiger partial charge in [-0.1, -0.05) is 11.6 Å². The van der Waals surface area contributed by atoms with Crippen molar-refractivity contribution in [1.29, 1.82) is 0 Å². The number of thiazole rings is 1. The number of hydrogen-bond donors (Lipinski definition) is 2. The molecule has 2 rings (SSSR count). The van der Waals surface area contributed by atoms with Gasteiger partial charge in [0.25, 0.3) is 5.91 Å². The van der Waals surface area contributed by atoms with Crippen molar-refractivity contribution in [2.24, 2.45) is 0 Å².